The predicted octanol–water partition coefficient (Wildman–Crippen LogP) is 2.39. The van der Waals surface area contributed by atoms with Crippen molar-refractivity contribution >= 4 is 16.6 Å². The van der Waals surface area contributed by atoms with E-state index in [9.17, 15) is 0 Å². The highest BCUT2D eigenvalue weighted by atomic mass is 16.5. The molecule has 2 N–H and O–H groups in total. The largest absolute Gasteiger partial charge is 0.497 e. The summed E-state index contributed by atoms with van der Waals surface area (Å²) in [6.07, 6.45) is 2.76. The Bertz CT molecular complexity index is 494. The van der Waals surface area contributed by atoms with E-state index in [1.165, 1.54) is 5.56 Å². The number of nitrogens with zero attached hydrogens (tertiary/aromatic N) is 1. The van der Waals surface area contributed by atoms with Gasteiger partial charge in [0, 0.05) is 17.6 Å². The fourth-order valence-electron chi connectivity index (χ4n) is 1.74. The second kappa shape index (κ2) is 3.77. The quantitative estimate of drug-likeness (QED) is 0.760. The van der Waals surface area contributed by atoms with Gasteiger partial charge in [0.05, 0.1) is 18.3 Å². The zero-order valence-corrected chi connectivity index (χ0v) is 8.95. The van der Waals surface area contributed by atoms with Crippen LogP contribution in [0.5, 0.6) is 5.75 Å². The van der Waals surface area contributed by atoms with E-state index in [4.69, 9.17) is 10.5 Å². The number of anilines is 1. The molecular weight excluding hydrogens is 188 g/mol. The number of aromatic nitrogens is 1. The van der Waals surface area contributed by atoms with Crippen molar-refractivity contribution in [2.75, 3.05) is 12.8 Å². The Morgan fingerprint density at radius 1 is 1.40 bits per heavy atom. The summed E-state index contributed by atoms with van der Waals surface area (Å²) in [6.45, 7) is 2.12. The number of ether oxygens (including phenoxy) is 1. The number of rotatable bonds is 2. The van der Waals surface area contributed by atoms with Crippen LogP contribution in [-0.4, -0.2) is 12.1 Å². The Kier molecular flexibility index (Phi) is 2.46. The highest BCUT2D eigenvalue weighted by Crippen LogP contribution is 2.28. The fraction of sp³-hybridized carbons (Fsp3) is 0.250. The van der Waals surface area contributed by atoms with E-state index in [2.05, 4.69) is 11.9 Å². The van der Waals surface area contributed by atoms with Crippen LogP contribution in [0.25, 0.3) is 10.9 Å². The average molecular weight is 202 g/mol. The lowest BCUT2D eigenvalue weighted by Crippen LogP contribution is -1.94. The van der Waals surface area contributed by atoms with E-state index in [1.807, 2.05) is 12.1 Å². The molecule has 0 radical (unpaired) electrons. The van der Waals surface area contributed by atoms with Crippen LogP contribution < -0.4 is 10.5 Å². The van der Waals surface area contributed by atoms with E-state index in [1.54, 1.807) is 19.4 Å². The van der Waals surface area contributed by atoms with Gasteiger partial charge in [-0.25, -0.2) is 0 Å². The molecule has 0 unspecified atom stereocenters. The van der Waals surface area contributed by atoms with Crippen LogP contribution in [0, 0.1) is 0 Å². The SMILES string of the molecule is CCc1ccnc2c(N)cc(OC)cc12. The summed E-state index contributed by atoms with van der Waals surface area (Å²) in [5, 5.41) is 1.08. The van der Waals surface area contributed by atoms with Crippen molar-refractivity contribution in [2.24, 2.45) is 0 Å². The molecule has 0 saturated heterocycles. The van der Waals surface area contributed by atoms with Gasteiger partial charge in [-0.3, -0.25) is 4.98 Å². The lowest BCUT2D eigenvalue weighted by Gasteiger charge is -2.08. The Morgan fingerprint density at radius 3 is 2.87 bits per heavy atom. The van der Waals surface area contributed by atoms with Gasteiger partial charge >= 0.3 is 0 Å². The normalized spacial score (nSPS) is 10.5. The van der Waals surface area contributed by atoms with Crippen LogP contribution in [-0.2, 0) is 6.42 Å². The highest BCUT2D eigenvalue weighted by Gasteiger charge is 2.05. The number of nitrogens with two attached hydrogens (primary N) is 1. The third-order valence-electron chi connectivity index (χ3n) is 2.55. The number of pyridine rings is 1. The maximum Gasteiger partial charge on any atom is 0.121 e. The van der Waals surface area contributed by atoms with E-state index in [0.717, 1.165) is 23.1 Å². The van der Waals surface area contributed by atoms with Gasteiger partial charge in [0.2, 0.25) is 0 Å². The van der Waals surface area contributed by atoms with Crippen molar-refractivity contribution in [3.05, 3.63) is 30.0 Å². The summed E-state index contributed by atoms with van der Waals surface area (Å²) < 4.78 is 5.19. The molecule has 15 heavy (non-hydrogen) atoms. The molecule has 78 valence electrons. The van der Waals surface area contributed by atoms with Crippen LogP contribution in [0.3, 0.4) is 0 Å². The molecule has 0 aliphatic carbocycles. The number of aryl methyl sites for hydroxylation is 1. The molecule has 3 nitrogen and oxygen atoms in total. The van der Waals surface area contributed by atoms with Gasteiger partial charge in [-0.15, -0.1) is 0 Å². The molecule has 3 heteroatoms. The molecule has 0 bridgehead atoms. The average Bonchev–Trinajstić information content (AvgIpc) is 2.28. The number of fused-ring (bicyclic) bond motifs is 1. The van der Waals surface area contributed by atoms with Crippen molar-refractivity contribution in [1.29, 1.82) is 0 Å². The Hall–Kier alpha value is -1.77. The lowest BCUT2D eigenvalue weighted by atomic mass is 10.1. The molecule has 0 saturated carbocycles. The van der Waals surface area contributed by atoms with E-state index < -0.39 is 0 Å². The molecule has 1 aromatic carbocycles. The van der Waals surface area contributed by atoms with Crippen molar-refractivity contribution in [3.63, 3.8) is 0 Å². The third-order valence-corrected chi connectivity index (χ3v) is 2.55. The molecule has 1 aromatic heterocycles. The Morgan fingerprint density at radius 2 is 2.20 bits per heavy atom. The van der Waals surface area contributed by atoms with E-state index in [-0.39, 0.29) is 0 Å². The highest BCUT2D eigenvalue weighted by molar-refractivity contribution is 5.92. The first-order valence-corrected chi connectivity index (χ1v) is 4.97. The summed E-state index contributed by atoms with van der Waals surface area (Å²) in [4.78, 5) is 4.28. The van der Waals surface area contributed by atoms with Crippen LogP contribution in [0.2, 0.25) is 0 Å². The maximum absolute atomic E-state index is 5.91. The predicted molar refractivity (Wildman–Crippen MR) is 62.1 cm³/mol. The van der Waals surface area contributed by atoms with Crippen molar-refractivity contribution < 1.29 is 4.74 Å². The molecule has 2 aromatic rings. The van der Waals surface area contributed by atoms with Gasteiger partial charge in [-0.2, -0.15) is 0 Å². The van der Waals surface area contributed by atoms with Crippen LogP contribution in [0.15, 0.2) is 24.4 Å². The first-order chi connectivity index (χ1) is 7.26. The van der Waals surface area contributed by atoms with Crippen LogP contribution in [0.1, 0.15) is 12.5 Å². The minimum absolute atomic E-state index is 0.666. The molecule has 2 rings (SSSR count). The van der Waals surface area contributed by atoms with Crippen LogP contribution in [0.4, 0.5) is 5.69 Å². The molecule has 0 spiro atoms. The summed E-state index contributed by atoms with van der Waals surface area (Å²) in [6, 6.07) is 5.80. The van der Waals surface area contributed by atoms with Crippen molar-refractivity contribution in [2.45, 2.75) is 13.3 Å². The van der Waals surface area contributed by atoms with E-state index in [0.29, 0.717) is 5.69 Å². The van der Waals surface area contributed by atoms with Gasteiger partial charge in [0.1, 0.15) is 5.75 Å². The number of nitrogen functional groups attached to an aromatic ring is 1. The zero-order chi connectivity index (χ0) is 10.8. The number of hydrogen-bond donors (Lipinski definition) is 1. The van der Waals surface area contributed by atoms with Crippen molar-refractivity contribution in [3.8, 4) is 5.75 Å². The molecule has 0 atom stereocenters. The molecule has 0 amide bonds. The van der Waals surface area contributed by atoms with Gasteiger partial charge in [-0.05, 0) is 24.1 Å². The van der Waals surface area contributed by atoms with Crippen LogP contribution >= 0.6 is 0 Å². The minimum atomic E-state index is 0.666. The second-order valence-corrected chi connectivity index (χ2v) is 3.44. The molecular formula is C12H14N2O. The minimum Gasteiger partial charge on any atom is -0.497 e. The summed E-state index contributed by atoms with van der Waals surface area (Å²) in [7, 11) is 1.64. The van der Waals surface area contributed by atoms with E-state index >= 15 is 0 Å². The number of methoxy groups -OCH3 is 1. The molecule has 0 aliphatic rings. The smallest absolute Gasteiger partial charge is 0.121 e. The summed E-state index contributed by atoms with van der Waals surface area (Å²) in [5.41, 5.74) is 8.68. The summed E-state index contributed by atoms with van der Waals surface area (Å²) >= 11 is 0. The maximum atomic E-state index is 5.91. The molecule has 1 heterocycles. The number of hydrogen-bond acceptors (Lipinski definition) is 3. The topological polar surface area (TPSA) is 48.1 Å². The molecule has 0 fully saturated rings. The first-order valence-electron chi connectivity index (χ1n) is 4.97. The lowest BCUT2D eigenvalue weighted by molar-refractivity contribution is 0.415. The first kappa shape index (κ1) is 9.77. The second-order valence-electron chi connectivity index (χ2n) is 3.44. The standard InChI is InChI=1S/C12H14N2O/c1-3-8-4-5-14-12-10(8)6-9(15-2)7-11(12)13/h4-7H,3,13H2,1-2H3. The Balaban J connectivity index is 2.79. The summed E-state index contributed by atoms with van der Waals surface area (Å²) in [5.74, 6) is 0.780. The van der Waals surface area contributed by atoms with Gasteiger partial charge in [-0.1, -0.05) is 6.92 Å². The number of benzene rings is 1. The monoisotopic (exact) mass is 202 g/mol. The molecule has 0 aliphatic heterocycles. The van der Waals surface area contributed by atoms with Gasteiger partial charge in [0.15, 0.2) is 0 Å². The van der Waals surface area contributed by atoms with Gasteiger partial charge < -0.3 is 10.5 Å². The Labute approximate surface area is 88.9 Å². The zero-order valence-electron chi connectivity index (χ0n) is 8.95. The third kappa shape index (κ3) is 1.61. The van der Waals surface area contributed by atoms with Crippen molar-refractivity contribution in [1.82, 2.24) is 4.98 Å². The van der Waals surface area contributed by atoms with Gasteiger partial charge in [0.25, 0.3) is 0 Å². The fourth-order valence-corrected chi connectivity index (χ4v) is 1.74.